The molecule has 0 bridgehead atoms. The zero-order valence-corrected chi connectivity index (χ0v) is 12.8. The fourth-order valence-electron chi connectivity index (χ4n) is 2.66. The summed E-state index contributed by atoms with van der Waals surface area (Å²) in [7, 11) is 0. The van der Waals surface area contributed by atoms with Crippen molar-refractivity contribution in [2.45, 2.75) is 12.5 Å². The molecule has 2 aromatic carbocycles. The molecule has 0 aliphatic carbocycles. The van der Waals surface area contributed by atoms with Gasteiger partial charge in [-0.3, -0.25) is 0 Å². The summed E-state index contributed by atoms with van der Waals surface area (Å²) in [4.78, 5) is 0. The van der Waals surface area contributed by atoms with Gasteiger partial charge in [0.1, 0.15) is 0 Å². The summed E-state index contributed by atoms with van der Waals surface area (Å²) in [6.07, 6.45) is 0. The van der Waals surface area contributed by atoms with E-state index in [1.165, 1.54) is 18.2 Å². The van der Waals surface area contributed by atoms with E-state index in [4.69, 9.17) is 0 Å². The average molecular weight is 354 g/mol. The van der Waals surface area contributed by atoms with Crippen LogP contribution in [0.5, 0.6) is 23.0 Å². The van der Waals surface area contributed by atoms with Crippen molar-refractivity contribution >= 4 is 17.0 Å². The number of hydrogen-bond acceptors (Lipinski definition) is 5. The number of nitrogens with one attached hydrogen (secondary N) is 1. The summed E-state index contributed by atoms with van der Waals surface area (Å²) < 4.78 is 0. The van der Waals surface area contributed by atoms with E-state index in [1.807, 2.05) is 0 Å². The minimum absolute atomic E-state index is 0. The van der Waals surface area contributed by atoms with Crippen molar-refractivity contribution in [3.05, 3.63) is 47.0 Å². The van der Waals surface area contributed by atoms with E-state index in [2.05, 4.69) is 5.32 Å². The lowest BCUT2D eigenvalue weighted by molar-refractivity contribution is 0.392. The third kappa shape index (κ3) is 2.64. The summed E-state index contributed by atoms with van der Waals surface area (Å²) in [5, 5.41) is 41.7. The predicted molar refractivity (Wildman–Crippen MR) is 83.4 cm³/mol. The van der Waals surface area contributed by atoms with Crippen LogP contribution in [0, 0.1) is 0 Å². The Hall–Kier alpha value is -1.92. The number of fused-ring (bicyclic) bond motifs is 1. The van der Waals surface area contributed by atoms with Crippen molar-refractivity contribution < 1.29 is 20.4 Å². The van der Waals surface area contributed by atoms with E-state index < -0.39 is 0 Å². The molecule has 3 rings (SSSR count). The zero-order chi connectivity index (χ0) is 14.3. The fraction of sp³-hybridized carbons (Fsp3) is 0.200. The molecule has 2 aromatic rings. The van der Waals surface area contributed by atoms with Crippen molar-refractivity contribution in [1.82, 2.24) is 5.32 Å². The molecule has 5 nitrogen and oxygen atoms in total. The molecule has 112 valence electrons. The minimum atomic E-state index is -0.169. The molecule has 6 heteroatoms. The summed E-state index contributed by atoms with van der Waals surface area (Å²) in [5.41, 5.74) is 2.40. The van der Waals surface area contributed by atoms with Crippen LogP contribution < -0.4 is 5.32 Å². The Bertz CT molecular complexity index is 675. The molecule has 1 unspecified atom stereocenters. The highest BCUT2D eigenvalue weighted by atomic mass is 79.9. The maximum absolute atomic E-state index is 9.93. The highest BCUT2D eigenvalue weighted by Crippen LogP contribution is 2.40. The Labute approximate surface area is 132 Å². The SMILES string of the molecule is Br.Oc1ccc(C2CNCc3c2ccc(O)c3O)cc1O. The van der Waals surface area contributed by atoms with Gasteiger partial charge in [-0.05, 0) is 29.3 Å². The zero-order valence-electron chi connectivity index (χ0n) is 11.1. The van der Waals surface area contributed by atoms with Crippen molar-refractivity contribution in [2.24, 2.45) is 0 Å². The van der Waals surface area contributed by atoms with Gasteiger partial charge in [0.2, 0.25) is 0 Å². The molecule has 21 heavy (non-hydrogen) atoms. The van der Waals surface area contributed by atoms with Crippen LogP contribution in [-0.4, -0.2) is 27.0 Å². The van der Waals surface area contributed by atoms with Crippen molar-refractivity contribution in [1.29, 1.82) is 0 Å². The van der Waals surface area contributed by atoms with Crippen molar-refractivity contribution in [3.63, 3.8) is 0 Å². The van der Waals surface area contributed by atoms with Crippen LogP contribution in [0.1, 0.15) is 22.6 Å². The molecule has 0 saturated carbocycles. The van der Waals surface area contributed by atoms with Gasteiger partial charge in [0.25, 0.3) is 0 Å². The van der Waals surface area contributed by atoms with Gasteiger partial charge >= 0.3 is 0 Å². The van der Waals surface area contributed by atoms with E-state index in [0.29, 0.717) is 18.7 Å². The van der Waals surface area contributed by atoms with Crippen LogP contribution in [0.15, 0.2) is 30.3 Å². The van der Waals surface area contributed by atoms with Gasteiger partial charge in [-0.25, -0.2) is 0 Å². The molecule has 1 aliphatic rings. The van der Waals surface area contributed by atoms with Crippen molar-refractivity contribution in [2.75, 3.05) is 6.54 Å². The Morgan fingerprint density at radius 2 is 1.62 bits per heavy atom. The first-order valence-corrected chi connectivity index (χ1v) is 6.34. The number of halogens is 1. The number of benzene rings is 2. The molecule has 0 saturated heterocycles. The van der Waals surface area contributed by atoms with E-state index in [0.717, 1.165) is 11.1 Å². The first-order chi connectivity index (χ1) is 9.58. The lowest BCUT2D eigenvalue weighted by atomic mass is 9.85. The number of phenolic OH excluding ortho intramolecular Hbond substituents is 4. The molecule has 0 spiro atoms. The highest BCUT2D eigenvalue weighted by molar-refractivity contribution is 8.93. The summed E-state index contributed by atoms with van der Waals surface area (Å²) in [5.74, 6) is -0.636. The summed E-state index contributed by atoms with van der Waals surface area (Å²) in [6.45, 7) is 1.14. The number of phenols is 4. The molecule has 1 heterocycles. The lowest BCUT2D eigenvalue weighted by Gasteiger charge is -2.27. The second-order valence-corrected chi connectivity index (χ2v) is 4.93. The van der Waals surface area contributed by atoms with Gasteiger partial charge in [0.05, 0.1) is 0 Å². The number of hydrogen-bond donors (Lipinski definition) is 5. The smallest absolute Gasteiger partial charge is 0.162 e. The van der Waals surface area contributed by atoms with Gasteiger partial charge < -0.3 is 25.7 Å². The van der Waals surface area contributed by atoms with Gasteiger partial charge in [-0.1, -0.05) is 12.1 Å². The molecule has 0 amide bonds. The third-order valence-electron chi connectivity index (χ3n) is 3.73. The van der Waals surface area contributed by atoms with Gasteiger partial charge in [0.15, 0.2) is 23.0 Å². The number of aromatic hydroxyl groups is 4. The predicted octanol–water partition coefficient (Wildman–Crippen LogP) is 2.32. The molecule has 0 aromatic heterocycles. The maximum Gasteiger partial charge on any atom is 0.162 e. The first kappa shape index (κ1) is 15.5. The molecular weight excluding hydrogens is 338 g/mol. The molecule has 1 atom stereocenters. The lowest BCUT2D eigenvalue weighted by Crippen LogP contribution is -2.28. The fourth-order valence-corrected chi connectivity index (χ4v) is 2.66. The van der Waals surface area contributed by atoms with Crippen LogP contribution in [0.2, 0.25) is 0 Å². The van der Waals surface area contributed by atoms with Gasteiger partial charge in [0, 0.05) is 24.6 Å². The molecule has 0 radical (unpaired) electrons. The number of rotatable bonds is 1. The Balaban J connectivity index is 0.00000161. The Morgan fingerprint density at radius 3 is 2.33 bits per heavy atom. The van der Waals surface area contributed by atoms with E-state index in [-0.39, 0.29) is 45.9 Å². The molecule has 1 aliphatic heterocycles. The highest BCUT2D eigenvalue weighted by Gasteiger charge is 2.25. The molecule has 5 N–H and O–H groups in total. The van der Waals surface area contributed by atoms with Gasteiger partial charge in [-0.2, -0.15) is 0 Å². The van der Waals surface area contributed by atoms with Gasteiger partial charge in [-0.15, -0.1) is 17.0 Å². The van der Waals surface area contributed by atoms with Crippen LogP contribution in [0.3, 0.4) is 0 Å². The monoisotopic (exact) mass is 353 g/mol. The quantitative estimate of drug-likeness (QED) is 0.507. The Morgan fingerprint density at radius 1 is 0.905 bits per heavy atom. The topological polar surface area (TPSA) is 93.0 Å². The van der Waals surface area contributed by atoms with Crippen molar-refractivity contribution in [3.8, 4) is 23.0 Å². The summed E-state index contributed by atoms with van der Waals surface area (Å²) >= 11 is 0. The van der Waals surface area contributed by atoms with Crippen LogP contribution in [-0.2, 0) is 6.54 Å². The minimum Gasteiger partial charge on any atom is -0.504 e. The van der Waals surface area contributed by atoms with E-state index in [9.17, 15) is 20.4 Å². The average Bonchev–Trinajstić information content (AvgIpc) is 2.45. The second kappa shape index (κ2) is 5.83. The standard InChI is InChI=1S/C15H15NO4.BrH/c17-12-3-1-8(5-14(12)19)10-6-16-7-11-9(10)2-4-13(18)15(11)20;/h1-5,10,16-20H,6-7H2;1H. The largest absolute Gasteiger partial charge is 0.504 e. The third-order valence-corrected chi connectivity index (χ3v) is 3.73. The van der Waals surface area contributed by atoms with Crippen LogP contribution >= 0.6 is 17.0 Å². The maximum atomic E-state index is 9.93. The Kier molecular flexibility index (Phi) is 4.29. The van der Waals surface area contributed by atoms with E-state index in [1.54, 1.807) is 12.1 Å². The van der Waals surface area contributed by atoms with Crippen LogP contribution in [0.4, 0.5) is 0 Å². The summed E-state index contributed by atoms with van der Waals surface area (Å²) in [6, 6.07) is 7.94. The van der Waals surface area contributed by atoms with Crippen LogP contribution in [0.25, 0.3) is 0 Å². The second-order valence-electron chi connectivity index (χ2n) is 4.93. The molecular formula is C15H16BrNO4. The normalized spacial score (nSPS) is 16.9. The first-order valence-electron chi connectivity index (χ1n) is 6.34. The van der Waals surface area contributed by atoms with E-state index >= 15 is 0 Å². The molecule has 0 fully saturated rings.